The van der Waals surface area contributed by atoms with E-state index < -0.39 is 0 Å². The predicted octanol–water partition coefficient (Wildman–Crippen LogP) is 8.55. The van der Waals surface area contributed by atoms with Crippen molar-refractivity contribution in [3.63, 3.8) is 0 Å². The van der Waals surface area contributed by atoms with Crippen LogP contribution >= 0.6 is 12.2 Å². The Hall–Kier alpha value is -2.13. The Balaban J connectivity index is 2.21. The second-order valence-corrected chi connectivity index (χ2v) is 8.51. The lowest BCUT2D eigenvalue weighted by Crippen LogP contribution is -2.13. The molecule has 0 aliphatic rings. The van der Waals surface area contributed by atoms with Crippen LogP contribution in [0, 0.1) is 0 Å². The molecule has 0 fully saturated rings. The predicted molar refractivity (Wildman–Crippen MR) is 137 cm³/mol. The van der Waals surface area contributed by atoms with Gasteiger partial charge in [0.2, 0.25) is 0 Å². The number of allylic oxidation sites excluding steroid dienone is 7. The first-order chi connectivity index (χ1) is 14.4. The quantitative estimate of drug-likeness (QED) is 0.268. The Labute approximate surface area is 189 Å². The van der Waals surface area contributed by atoms with Crippen LogP contribution in [0.15, 0.2) is 76.9 Å². The van der Waals surface area contributed by atoms with Gasteiger partial charge in [0.05, 0.1) is 0 Å². The number of hydrogen-bond donors (Lipinski definition) is 1. The first-order valence-electron chi connectivity index (χ1n) is 11.0. The van der Waals surface area contributed by atoms with E-state index in [1.807, 2.05) is 30.3 Å². The van der Waals surface area contributed by atoms with E-state index in [-0.39, 0.29) is 0 Å². The highest BCUT2D eigenvalue weighted by atomic mass is 32.1. The molecule has 0 radical (unpaired) electrons. The summed E-state index contributed by atoms with van der Waals surface area (Å²) in [5.74, 6) is 0. The van der Waals surface area contributed by atoms with Gasteiger partial charge in [-0.3, -0.25) is 0 Å². The highest BCUT2D eigenvalue weighted by Gasteiger charge is 1.97. The van der Waals surface area contributed by atoms with Gasteiger partial charge in [-0.2, -0.15) is 0 Å². The molecule has 0 amide bonds. The normalized spacial score (nSPS) is 12.5. The molecule has 0 saturated heterocycles. The summed E-state index contributed by atoms with van der Waals surface area (Å²) in [7, 11) is 0. The van der Waals surface area contributed by atoms with Crippen molar-refractivity contribution in [3.05, 3.63) is 76.9 Å². The second-order valence-electron chi connectivity index (χ2n) is 8.14. The van der Waals surface area contributed by atoms with E-state index >= 15 is 0 Å². The van der Waals surface area contributed by atoms with Gasteiger partial charge in [-0.05, 0) is 104 Å². The van der Waals surface area contributed by atoms with Crippen LogP contribution < -0.4 is 5.32 Å². The molecule has 0 bridgehead atoms. The van der Waals surface area contributed by atoms with Crippen LogP contribution in [0.2, 0.25) is 0 Å². The maximum Gasteiger partial charge on any atom is 0.261 e. The van der Waals surface area contributed by atoms with Crippen molar-refractivity contribution in [2.45, 2.75) is 73.1 Å². The Morgan fingerprint density at radius 1 is 0.767 bits per heavy atom. The fraction of sp³-hybridized carbons (Fsp3) is 0.444. The number of nitrogens with one attached hydrogen (secondary N) is 1. The fourth-order valence-electron chi connectivity index (χ4n) is 2.92. The number of benzene rings is 1. The highest BCUT2D eigenvalue weighted by molar-refractivity contribution is 7.80. The van der Waals surface area contributed by atoms with Gasteiger partial charge in [-0.25, -0.2) is 0 Å². The topological polar surface area (TPSA) is 21.3 Å². The molecule has 0 atom stereocenters. The van der Waals surface area contributed by atoms with E-state index in [4.69, 9.17) is 17.0 Å². The minimum Gasteiger partial charge on any atom is -0.467 e. The molecule has 1 aromatic rings. The molecule has 1 rings (SSSR count). The van der Waals surface area contributed by atoms with E-state index in [2.05, 4.69) is 64.2 Å². The number of anilines is 1. The molecule has 0 aliphatic carbocycles. The lowest BCUT2D eigenvalue weighted by Gasteiger charge is -2.08. The Bertz CT molecular complexity index is 752. The van der Waals surface area contributed by atoms with Gasteiger partial charge in [-0.1, -0.05) is 58.7 Å². The monoisotopic (exact) mass is 425 g/mol. The number of thiocarbonyl (C=S) groups is 1. The van der Waals surface area contributed by atoms with E-state index in [1.165, 1.54) is 28.7 Å². The van der Waals surface area contributed by atoms with Crippen LogP contribution in [0.25, 0.3) is 0 Å². The summed E-state index contributed by atoms with van der Waals surface area (Å²) in [4.78, 5) is 0. The van der Waals surface area contributed by atoms with Gasteiger partial charge in [0.1, 0.15) is 6.61 Å². The third-order valence-electron chi connectivity index (χ3n) is 4.82. The minimum atomic E-state index is 0.408. The van der Waals surface area contributed by atoms with Crippen LogP contribution in [-0.2, 0) is 4.74 Å². The first kappa shape index (κ1) is 25.9. The van der Waals surface area contributed by atoms with Crippen molar-refractivity contribution in [1.29, 1.82) is 0 Å². The van der Waals surface area contributed by atoms with Crippen LogP contribution in [0.1, 0.15) is 73.1 Å². The van der Waals surface area contributed by atoms with Crippen LogP contribution in [-0.4, -0.2) is 11.8 Å². The Kier molecular flexibility index (Phi) is 13.5. The minimum absolute atomic E-state index is 0.408. The molecule has 0 aromatic heterocycles. The number of para-hydroxylation sites is 1. The molecule has 1 aromatic carbocycles. The SMILES string of the molecule is CC(C)=CCCC(C)=CCCC(C)=CCCC(C)=CCOC(=S)Nc1ccccc1. The van der Waals surface area contributed by atoms with Gasteiger partial charge in [0.15, 0.2) is 0 Å². The number of ether oxygens (including phenoxy) is 1. The zero-order valence-electron chi connectivity index (χ0n) is 19.5. The van der Waals surface area contributed by atoms with Crippen LogP contribution in [0.3, 0.4) is 0 Å². The molecule has 0 saturated carbocycles. The average Bonchev–Trinajstić information content (AvgIpc) is 2.68. The van der Waals surface area contributed by atoms with Gasteiger partial charge >= 0.3 is 0 Å². The molecule has 0 heterocycles. The summed E-state index contributed by atoms with van der Waals surface area (Å²) < 4.78 is 5.58. The number of hydrogen-bond acceptors (Lipinski definition) is 2. The van der Waals surface area contributed by atoms with Gasteiger partial charge < -0.3 is 10.1 Å². The molecule has 0 spiro atoms. The highest BCUT2D eigenvalue weighted by Crippen LogP contribution is 2.13. The van der Waals surface area contributed by atoms with E-state index in [9.17, 15) is 0 Å². The summed E-state index contributed by atoms with van der Waals surface area (Å²) in [5, 5.41) is 3.49. The fourth-order valence-corrected chi connectivity index (χ4v) is 3.11. The summed E-state index contributed by atoms with van der Waals surface area (Å²) >= 11 is 5.22. The Morgan fingerprint density at radius 3 is 1.80 bits per heavy atom. The smallest absolute Gasteiger partial charge is 0.261 e. The van der Waals surface area contributed by atoms with E-state index in [0.29, 0.717) is 11.8 Å². The van der Waals surface area contributed by atoms with Crippen molar-refractivity contribution in [1.82, 2.24) is 0 Å². The van der Waals surface area contributed by atoms with Crippen molar-refractivity contribution >= 4 is 23.1 Å². The van der Waals surface area contributed by atoms with Crippen molar-refractivity contribution in [2.24, 2.45) is 0 Å². The van der Waals surface area contributed by atoms with Gasteiger partial charge in [0, 0.05) is 5.69 Å². The molecule has 0 unspecified atom stereocenters. The van der Waals surface area contributed by atoms with Gasteiger partial charge in [0.25, 0.3) is 5.17 Å². The third kappa shape index (κ3) is 13.9. The molecule has 164 valence electrons. The largest absolute Gasteiger partial charge is 0.467 e. The maximum atomic E-state index is 5.58. The first-order valence-corrected chi connectivity index (χ1v) is 11.4. The maximum absolute atomic E-state index is 5.58. The van der Waals surface area contributed by atoms with E-state index in [1.54, 1.807) is 0 Å². The lowest BCUT2D eigenvalue weighted by atomic mass is 10.0. The molecule has 30 heavy (non-hydrogen) atoms. The molecule has 0 aliphatic heterocycles. The lowest BCUT2D eigenvalue weighted by molar-refractivity contribution is 0.358. The van der Waals surface area contributed by atoms with Crippen LogP contribution in [0.5, 0.6) is 0 Å². The van der Waals surface area contributed by atoms with Crippen molar-refractivity contribution in [2.75, 3.05) is 11.9 Å². The standard InChI is InChI=1S/C27H39NOS/c1-22(2)12-9-13-23(3)14-10-15-24(4)16-11-17-25(5)20-21-29-27(30)28-26-18-7-6-8-19-26/h6-8,12,14,16,18-20H,9-11,13,15,17,21H2,1-5H3,(H,28,30). The Morgan fingerprint density at radius 2 is 1.27 bits per heavy atom. The van der Waals surface area contributed by atoms with E-state index in [0.717, 1.165) is 37.8 Å². The summed E-state index contributed by atoms with van der Waals surface area (Å²) in [6.45, 7) is 11.5. The van der Waals surface area contributed by atoms with Crippen LogP contribution in [0.4, 0.5) is 5.69 Å². The summed E-state index contributed by atoms with van der Waals surface area (Å²) in [6.07, 6.45) is 15.9. The zero-order valence-corrected chi connectivity index (χ0v) is 20.3. The molecule has 1 N–H and O–H groups in total. The molecule has 2 nitrogen and oxygen atoms in total. The zero-order chi connectivity index (χ0) is 22.2. The van der Waals surface area contributed by atoms with Crippen molar-refractivity contribution < 1.29 is 4.74 Å². The molecule has 3 heteroatoms. The third-order valence-corrected chi connectivity index (χ3v) is 5.04. The average molecular weight is 426 g/mol. The molecular formula is C27H39NOS. The van der Waals surface area contributed by atoms with Crippen molar-refractivity contribution in [3.8, 4) is 0 Å². The van der Waals surface area contributed by atoms with Gasteiger partial charge in [-0.15, -0.1) is 0 Å². The molecular weight excluding hydrogens is 386 g/mol. The second kappa shape index (κ2) is 15.7. The number of rotatable bonds is 12. The summed E-state index contributed by atoms with van der Waals surface area (Å²) in [5.41, 5.74) is 6.65. The summed E-state index contributed by atoms with van der Waals surface area (Å²) in [6, 6.07) is 9.84.